The number of carbonyl (C=O) groups excluding carboxylic acids is 1. The van der Waals surface area contributed by atoms with Gasteiger partial charge in [-0.2, -0.15) is 0 Å². The molecule has 0 spiro atoms. The second-order valence-corrected chi connectivity index (χ2v) is 5.18. The van der Waals surface area contributed by atoms with Crippen molar-refractivity contribution in [3.63, 3.8) is 0 Å². The zero-order chi connectivity index (χ0) is 14.5. The maximum absolute atomic E-state index is 11.9. The summed E-state index contributed by atoms with van der Waals surface area (Å²) in [5.74, 6) is -0.207. The van der Waals surface area contributed by atoms with Crippen molar-refractivity contribution >= 4 is 40.5 Å². The van der Waals surface area contributed by atoms with Gasteiger partial charge in [0.1, 0.15) is 0 Å². The fourth-order valence-corrected chi connectivity index (χ4v) is 2.23. The molecule has 0 aliphatic carbocycles. The highest BCUT2D eigenvalue weighted by molar-refractivity contribution is 6.39. The minimum atomic E-state index is -0.207. The van der Waals surface area contributed by atoms with Crippen LogP contribution in [-0.4, -0.2) is 12.5 Å². The summed E-state index contributed by atoms with van der Waals surface area (Å²) in [6, 6.07) is 12.9. The first-order valence-electron chi connectivity index (χ1n) is 6.10. The van der Waals surface area contributed by atoms with Gasteiger partial charge in [0.05, 0.1) is 22.3 Å². The smallest absolute Gasteiger partial charge is 0.243 e. The molecule has 0 saturated heterocycles. The van der Waals surface area contributed by atoms with Crippen molar-refractivity contribution < 1.29 is 4.79 Å². The average Bonchev–Trinajstić information content (AvgIpc) is 2.41. The lowest BCUT2D eigenvalue weighted by Gasteiger charge is -2.10. The largest absolute Gasteiger partial charge is 0.376 e. The highest BCUT2D eigenvalue weighted by atomic mass is 35.5. The van der Waals surface area contributed by atoms with E-state index < -0.39 is 0 Å². The lowest BCUT2D eigenvalue weighted by molar-refractivity contribution is -0.114. The van der Waals surface area contributed by atoms with Crippen LogP contribution in [0.3, 0.4) is 0 Å². The van der Waals surface area contributed by atoms with Gasteiger partial charge in [0, 0.05) is 5.69 Å². The van der Waals surface area contributed by atoms with Crippen LogP contribution in [-0.2, 0) is 4.79 Å². The third-order valence-corrected chi connectivity index (χ3v) is 3.33. The zero-order valence-electron chi connectivity index (χ0n) is 10.9. The second-order valence-electron chi connectivity index (χ2n) is 4.37. The van der Waals surface area contributed by atoms with Crippen LogP contribution >= 0.6 is 23.2 Å². The topological polar surface area (TPSA) is 41.1 Å². The molecule has 2 rings (SSSR count). The molecule has 0 atom stereocenters. The molecular weight excluding hydrogens is 295 g/mol. The fraction of sp³-hybridized carbons (Fsp3) is 0.133. The molecule has 104 valence electrons. The molecular formula is C15H14Cl2N2O. The number of aryl methyl sites for hydroxylation is 1. The van der Waals surface area contributed by atoms with Crippen molar-refractivity contribution in [2.24, 2.45) is 0 Å². The number of rotatable bonds is 4. The molecule has 0 saturated carbocycles. The molecule has 0 aliphatic heterocycles. The van der Waals surface area contributed by atoms with Gasteiger partial charge in [-0.25, -0.2) is 0 Å². The van der Waals surface area contributed by atoms with Gasteiger partial charge in [-0.15, -0.1) is 0 Å². The van der Waals surface area contributed by atoms with Gasteiger partial charge >= 0.3 is 0 Å². The molecule has 2 aromatic rings. The van der Waals surface area contributed by atoms with E-state index in [4.69, 9.17) is 23.2 Å². The molecule has 0 unspecified atom stereocenters. The molecule has 5 heteroatoms. The minimum absolute atomic E-state index is 0.144. The lowest BCUT2D eigenvalue weighted by Crippen LogP contribution is -2.22. The Kier molecular flexibility index (Phi) is 4.88. The van der Waals surface area contributed by atoms with E-state index in [1.807, 2.05) is 31.2 Å². The minimum Gasteiger partial charge on any atom is -0.376 e. The molecule has 0 aliphatic rings. The summed E-state index contributed by atoms with van der Waals surface area (Å²) < 4.78 is 0. The summed E-state index contributed by atoms with van der Waals surface area (Å²) in [4.78, 5) is 11.9. The van der Waals surface area contributed by atoms with Crippen molar-refractivity contribution in [3.05, 3.63) is 58.1 Å². The first-order chi connectivity index (χ1) is 9.56. The monoisotopic (exact) mass is 308 g/mol. The fourth-order valence-electron chi connectivity index (χ4n) is 1.74. The lowest BCUT2D eigenvalue weighted by atomic mass is 10.2. The van der Waals surface area contributed by atoms with Gasteiger partial charge < -0.3 is 10.6 Å². The Labute approximate surface area is 127 Å². The van der Waals surface area contributed by atoms with Crippen molar-refractivity contribution in [1.82, 2.24) is 0 Å². The SMILES string of the molecule is Cc1cccc(NCC(=O)Nc2c(Cl)cccc2Cl)c1. The molecule has 0 heterocycles. The number of anilines is 2. The average molecular weight is 309 g/mol. The predicted octanol–water partition coefficient (Wildman–Crippen LogP) is 4.35. The van der Waals surface area contributed by atoms with Crippen LogP contribution in [0, 0.1) is 6.92 Å². The molecule has 0 aromatic heterocycles. The Hall–Kier alpha value is -1.71. The standard InChI is InChI=1S/C15H14Cl2N2O/c1-10-4-2-5-11(8-10)18-9-14(20)19-15-12(16)6-3-7-13(15)17/h2-8,18H,9H2,1H3,(H,19,20). The number of hydrogen-bond acceptors (Lipinski definition) is 2. The van der Waals surface area contributed by atoms with Crippen LogP contribution in [0.2, 0.25) is 10.0 Å². The third kappa shape index (κ3) is 3.89. The second kappa shape index (κ2) is 6.64. The number of para-hydroxylation sites is 1. The Morgan fingerprint density at radius 3 is 2.40 bits per heavy atom. The summed E-state index contributed by atoms with van der Waals surface area (Å²) in [5.41, 5.74) is 2.46. The van der Waals surface area contributed by atoms with Crippen molar-refractivity contribution in [2.75, 3.05) is 17.2 Å². The summed E-state index contributed by atoms with van der Waals surface area (Å²) in [6.45, 7) is 2.14. The van der Waals surface area contributed by atoms with Gasteiger partial charge in [0.25, 0.3) is 0 Å². The normalized spacial score (nSPS) is 10.2. The summed E-state index contributed by atoms with van der Waals surface area (Å²) in [5, 5.41) is 6.58. The van der Waals surface area contributed by atoms with E-state index in [9.17, 15) is 4.79 Å². The van der Waals surface area contributed by atoms with E-state index in [-0.39, 0.29) is 12.5 Å². The van der Waals surface area contributed by atoms with Crippen molar-refractivity contribution in [2.45, 2.75) is 6.92 Å². The molecule has 20 heavy (non-hydrogen) atoms. The van der Waals surface area contributed by atoms with Crippen LogP contribution in [0.4, 0.5) is 11.4 Å². The Morgan fingerprint density at radius 1 is 1.10 bits per heavy atom. The first-order valence-corrected chi connectivity index (χ1v) is 6.86. The number of carbonyl (C=O) groups is 1. The van der Waals surface area contributed by atoms with E-state index in [2.05, 4.69) is 10.6 Å². The van der Waals surface area contributed by atoms with Gasteiger partial charge in [-0.05, 0) is 36.8 Å². The highest BCUT2D eigenvalue weighted by Crippen LogP contribution is 2.29. The van der Waals surface area contributed by atoms with Gasteiger partial charge in [0.2, 0.25) is 5.91 Å². The molecule has 2 N–H and O–H groups in total. The number of benzene rings is 2. The highest BCUT2D eigenvalue weighted by Gasteiger charge is 2.09. The van der Waals surface area contributed by atoms with Crippen LogP contribution in [0.1, 0.15) is 5.56 Å². The van der Waals surface area contributed by atoms with Crippen LogP contribution in [0.15, 0.2) is 42.5 Å². The van der Waals surface area contributed by atoms with E-state index in [0.717, 1.165) is 11.3 Å². The Bertz CT molecular complexity index is 609. The Balaban J connectivity index is 1.96. The van der Waals surface area contributed by atoms with Crippen LogP contribution in [0.5, 0.6) is 0 Å². The number of hydrogen-bond donors (Lipinski definition) is 2. The van der Waals surface area contributed by atoms with E-state index in [1.54, 1.807) is 18.2 Å². The van der Waals surface area contributed by atoms with Crippen LogP contribution < -0.4 is 10.6 Å². The van der Waals surface area contributed by atoms with Crippen LogP contribution in [0.25, 0.3) is 0 Å². The maximum atomic E-state index is 11.9. The molecule has 0 bridgehead atoms. The molecule has 3 nitrogen and oxygen atoms in total. The van der Waals surface area contributed by atoms with Gasteiger partial charge in [0.15, 0.2) is 0 Å². The molecule has 0 radical (unpaired) electrons. The molecule has 1 amide bonds. The molecule has 0 fully saturated rings. The summed E-state index contributed by atoms with van der Waals surface area (Å²) in [7, 11) is 0. The van der Waals surface area contributed by atoms with Gasteiger partial charge in [-0.3, -0.25) is 4.79 Å². The molecule has 2 aromatic carbocycles. The Morgan fingerprint density at radius 2 is 1.75 bits per heavy atom. The number of nitrogens with one attached hydrogen (secondary N) is 2. The van der Waals surface area contributed by atoms with E-state index in [0.29, 0.717) is 15.7 Å². The van der Waals surface area contributed by atoms with E-state index in [1.165, 1.54) is 0 Å². The van der Waals surface area contributed by atoms with Crippen molar-refractivity contribution in [3.8, 4) is 0 Å². The first kappa shape index (κ1) is 14.7. The van der Waals surface area contributed by atoms with Crippen molar-refractivity contribution in [1.29, 1.82) is 0 Å². The predicted molar refractivity (Wildman–Crippen MR) is 84.8 cm³/mol. The van der Waals surface area contributed by atoms with Gasteiger partial charge in [-0.1, -0.05) is 41.4 Å². The summed E-state index contributed by atoms with van der Waals surface area (Å²) >= 11 is 12.0. The quantitative estimate of drug-likeness (QED) is 0.881. The number of amides is 1. The third-order valence-electron chi connectivity index (χ3n) is 2.70. The maximum Gasteiger partial charge on any atom is 0.243 e. The zero-order valence-corrected chi connectivity index (χ0v) is 12.4. The number of halogens is 2. The van der Waals surface area contributed by atoms with E-state index >= 15 is 0 Å². The summed E-state index contributed by atoms with van der Waals surface area (Å²) in [6.07, 6.45) is 0.